The Balaban J connectivity index is 1.79. The molecular weight excluding hydrogens is 380 g/mol. The molecule has 0 radical (unpaired) electrons. The Morgan fingerprint density at radius 3 is 2.55 bits per heavy atom. The minimum absolute atomic E-state index is 0.0634. The fraction of sp³-hybridized carbons (Fsp3) is 0.167. The first-order valence-corrected chi connectivity index (χ1v) is 10.6. The molecule has 0 atom stereocenters. The first-order chi connectivity index (χ1) is 14.2. The lowest BCUT2D eigenvalue weighted by atomic mass is 10.2. The summed E-state index contributed by atoms with van der Waals surface area (Å²) in [5.41, 5.74) is 3.86. The van der Waals surface area contributed by atoms with E-state index in [4.69, 9.17) is 9.72 Å². The molecule has 4 rings (SSSR count). The molecule has 0 aliphatic carbocycles. The van der Waals surface area contributed by atoms with Crippen LogP contribution in [-0.2, 0) is 5.75 Å². The van der Waals surface area contributed by atoms with E-state index >= 15 is 0 Å². The third-order valence-electron chi connectivity index (χ3n) is 4.60. The van der Waals surface area contributed by atoms with Crippen molar-refractivity contribution < 1.29 is 4.74 Å². The molecule has 4 aromatic rings. The minimum Gasteiger partial charge on any atom is -0.494 e. The van der Waals surface area contributed by atoms with E-state index in [2.05, 4.69) is 31.2 Å². The van der Waals surface area contributed by atoms with E-state index in [0.29, 0.717) is 22.7 Å². The van der Waals surface area contributed by atoms with Crippen molar-refractivity contribution >= 4 is 22.7 Å². The first-order valence-electron chi connectivity index (χ1n) is 9.59. The normalized spacial score (nSPS) is 11.0. The molecule has 1 aromatic heterocycles. The average Bonchev–Trinajstić information content (AvgIpc) is 2.74. The second kappa shape index (κ2) is 8.53. The lowest BCUT2D eigenvalue weighted by Crippen LogP contribution is -2.21. The van der Waals surface area contributed by atoms with Gasteiger partial charge in [-0.2, -0.15) is 0 Å². The first kappa shape index (κ1) is 19.3. The number of hydrogen-bond acceptors (Lipinski definition) is 4. The molecule has 0 saturated carbocycles. The zero-order valence-electron chi connectivity index (χ0n) is 16.5. The summed E-state index contributed by atoms with van der Waals surface area (Å²) in [5, 5.41) is 1.29. The molecule has 3 aromatic carbocycles. The third-order valence-corrected chi connectivity index (χ3v) is 5.61. The lowest BCUT2D eigenvalue weighted by Gasteiger charge is -2.14. The van der Waals surface area contributed by atoms with Gasteiger partial charge in [0.05, 0.1) is 23.2 Å². The molecule has 0 amide bonds. The Morgan fingerprint density at radius 2 is 1.79 bits per heavy atom. The van der Waals surface area contributed by atoms with E-state index in [1.54, 1.807) is 16.3 Å². The predicted octanol–water partition coefficient (Wildman–Crippen LogP) is 5.39. The number of fused-ring (bicyclic) bond motifs is 1. The Labute approximate surface area is 174 Å². The Kier molecular flexibility index (Phi) is 5.67. The Morgan fingerprint density at radius 1 is 1.00 bits per heavy atom. The standard InChI is InChI=1S/C24H22N2O2S/c1-3-28-20-13-11-19(12-14-20)26-23(27)21-9-4-5-10-22(21)25-24(26)29-16-18-8-6-7-17(2)15-18/h4-15H,3,16H2,1-2H3. The molecule has 0 bridgehead atoms. The molecule has 0 fully saturated rings. The number of nitrogens with zero attached hydrogens (tertiary/aromatic N) is 2. The van der Waals surface area contributed by atoms with Crippen molar-refractivity contribution in [3.8, 4) is 11.4 Å². The Hall–Kier alpha value is -3.05. The molecule has 0 aliphatic heterocycles. The number of ether oxygens (including phenoxy) is 1. The quantitative estimate of drug-likeness (QED) is 0.321. The molecular formula is C24H22N2O2S. The number of hydrogen-bond donors (Lipinski definition) is 0. The molecule has 29 heavy (non-hydrogen) atoms. The van der Waals surface area contributed by atoms with E-state index in [1.165, 1.54) is 11.1 Å². The molecule has 1 heterocycles. The van der Waals surface area contributed by atoms with Crippen LogP contribution in [0, 0.1) is 6.92 Å². The maximum atomic E-state index is 13.3. The minimum atomic E-state index is -0.0634. The van der Waals surface area contributed by atoms with Crippen molar-refractivity contribution in [3.05, 3.63) is 94.3 Å². The van der Waals surface area contributed by atoms with Gasteiger partial charge in [0.25, 0.3) is 5.56 Å². The van der Waals surface area contributed by atoms with Gasteiger partial charge in [0.15, 0.2) is 5.16 Å². The van der Waals surface area contributed by atoms with Gasteiger partial charge in [-0.15, -0.1) is 0 Å². The number of aryl methyl sites for hydroxylation is 1. The van der Waals surface area contributed by atoms with Crippen LogP contribution < -0.4 is 10.3 Å². The Bertz CT molecular complexity index is 1200. The molecule has 0 aliphatic rings. The number of rotatable bonds is 6. The smallest absolute Gasteiger partial charge is 0.266 e. The molecule has 5 heteroatoms. The second-order valence-corrected chi connectivity index (χ2v) is 7.70. The summed E-state index contributed by atoms with van der Waals surface area (Å²) >= 11 is 1.57. The third kappa shape index (κ3) is 4.20. The highest BCUT2D eigenvalue weighted by Crippen LogP contribution is 2.25. The van der Waals surface area contributed by atoms with Crippen molar-refractivity contribution in [2.24, 2.45) is 0 Å². The summed E-state index contributed by atoms with van der Waals surface area (Å²) in [5.74, 6) is 1.52. The summed E-state index contributed by atoms with van der Waals surface area (Å²) in [6.07, 6.45) is 0. The summed E-state index contributed by atoms with van der Waals surface area (Å²) in [4.78, 5) is 18.1. The molecule has 0 saturated heterocycles. The van der Waals surface area contributed by atoms with E-state index in [1.807, 2.05) is 55.5 Å². The summed E-state index contributed by atoms with van der Waals surface area (Å²) in [6.45, 7) is 4.64. The van der Waals surface area contributed by atoms with Gasteiger partial charge < -0.3 is 4.74 Å². The van der Waals surface area contributed by atoms with Crippen molar-refractivity contribution in [3.63, 3.8) is 0 Å². The van der Waals surface area contributed by atoms with Gasteiger partial charge in [-0.3, -0.25) is 9.36 Å². The van der Waals surface area contributed by atoms with Gasteiger partial charge in [0.1, 0.15) is 5.75 Å². The van der Waals surface area contributed by atoms with Crippen molar-refractivity contribution in [1.82, 2.24) is 9.55 Å². The maximum absolute atomic E-state index is 13.3. The van der Waals surface area contributed by atoms with Crippen molar-refractivity contribution in [2.45, 2.75) is 24.8 Å². The largest absolute Gasteiger partial charge is 0.494 e. The van der Waals surface area contributed by atoms with Crippen LogP contribution in [0.4, 0.5) is 0 Å². The summed E-state index contributed by atoms with van der Waals surface area (Å²) < 4.78 is 7.23. The fourth-order valence-corrected chi connectivity index (χ4v) is 4.20. The van der Waals surface area contributed by atoms with Gasteiger partial charge in [-0.1, -0.05) is 53.7 Å². The van der Waals surface area contributed by atoms with Crippen LogP contribution in [0.2, 0.25) is 0 Å². The van der Waals surface area contributed by atoms with E-state index < -0.39 is 0 Å². The number of para-hydroxylation sites is 1. The number of aromatic nitrogens is 2. The molecule has 4 nitrogen and oxygen atoms in total. The van der Waals surface area contributed by atoms with E-state index in [-0.39, 0.29) is 5.56 Å². The highest BCUT2D eigenvalue weighted by molar-refractivity contribution is 7.98. The summed E-state index contributed by atoms with van der Waals surface area (Å²) in [7, 11) is 0. The van der Waals surface area contributed by atoms with E-state index in [9.17, 15) is 4.79 Å². The van der Waals surface area contributed by atoms with Crippen LogP contribution in [0.15, 0.2) is 82.7 Å². The molecule has 0 spiro atoms. The average molecular weight is 403 g/mol. The van der Waals surface area contributed by atoms with Crippen molar-refractivity contribution in [1.29, 1.82) is 0 Å². The maximum Gasteiger partial charge on any atom is 0.266 e. The summed E-state index contributed by atoms with van der Waals surface area (Å²) in [6, 6.07) is 23.5. The highest BCUT2D eigenvalue weighted by Gasteiger charge is 2.13. The molecule has 0 N–H and O–H groups in total. The van der Waals surface area contributed by atoms with Crippen LogP contribution in [-0.4, -0.2) is 16.2 Å². The number of thioether (sulfide) groups is 1. The topological polar surface area (TPSA) is 44.1 Å². The molecule has 146 valence electrons. The van der Waals surface area contributed by atoms with E-state index in [0.717, 1.165) is 17.2 Å². The molecule has 0 unspecified atom stereocenters. The zero-order valence-corrected chi connectivity index (χ0v) is 17.3. The lowest BCUT2D eigenvalue weighted by molar-refractivity contribution is 0.340. The van der Waals surface area contributed by atoms with Crippen LogP contribution in [0.1, 0.15) is 18.1 Å². The van der Waals surface area contributed by atoms with Crippen LogP contribution >= 0.6 is 11.8 Å². The van der Waals surface area contributed by atoms with Crippen LogP contribution in [0.25, 0.3) is 16.6 Å². The fourth-order valence-electron chi connectivity index (χ4n) is 3.24. The zero-order chi connectivity index (χ0) is 20.2. The number of benzene rings is 3. The van der Waals surface area contributed by atoms with Gasteiger partial charge in [0, 0.05) is 5.75 Å². The highest BCUT2D eigenvalue weighted by atomic mass is 32.2. The second-order valence-electron chi connectivity index (χ2n) is 6.76. The van der Waals surface area contributed by atoms with Gasteiger partial charge in [-0.05, 0) is 55.8 Å². The SMILES string of the molecule is CCOc1ccc(-n2c(SCc3cccc(C)c3)nc3ccccc3c2=O)cc1. The van der Waals surface area contributed by atoms with Gasteiger partial charge in [0.2, 0.25) is 0 Å². The van der Waals surface area contributed by atoms with Gasteiger partial charge in [-0.25, -0.2) is 4.98 Å². The van der Waals surface area contributed by atoms with Crippen LogP contribution in [0.5, 0.6) is 5.75 Å². The van der Waals surface area contributed by atoms with Gasteiger partial charge >= 0.3 is 0 Å². The predicted molar refractivity (Wildman–Crippen MR) is 119 cm³/mol. The monoisotopic (exact) mass is 402 g/mol. The van der Waals surface area contributed by atoms with Crippen molar-refractivity contribution in [2.75, 3.05) is 6.61 Å². The van der Waals surface area contributed by atoms with Crippen LogP contribution in [0.3, 0.4) is 0 Å².